The molecule has 0 bridgehead atoms. The van der Waals surface area contributed by atoms with Crippen molar-refractivity contribution >= 4 is 0 Å². The largest absolute Gasteiger partial charge is 0.378 e. The van der Waals surface area contributed by atoms with E-state index in [0.29, 0.717) is 6.61 Å². The highest BCUT2D eigenvalue weighted by molar-refractivity contribution is 5.10. The molecule has 1 rings (SSSR count). The summed E-state index contributed by atoms with van der Waals surface area (Å²) < 4.78 is 7.56. The Morgan fingerprint density at radius 3 is 2.37 bits per heavy atom. The fraction of sp³-hybridized carbons (Fsp3) is 0.800. The lowest BCUT2D eigenvalue weighted by atomic mass is 9.93. The van der Waals surface area contributed by atoms with Crippen molar-refractivity contribution in [3.05, 3.63) is 18.0 Å². The zero-order valence-corrected chi connectivity index (χ0v) is 13.3. The van der Waals surface area contributed by atoms with Crippen molar-refractivity contribution in [2.45, 2.75) is 59.0 Å². The summed E-state index contributed by atoms with van der Waals surface area (Å²) in [5.74, 6) is 0. The predicted molar refractivity (Wildman–Crippen MR) is 79.5 cm³/mol. The summed E-state index contributed by atoms with van der Waals surface area (Å²) in [6, 6.07) is 2.08. The molecule has 0 aromatic carbocycles. The van der Waals surface area contributed by atoms with Crippen LogP contribution in [0, 0.1) is 0 Å². The molecular weight excluding hydrogens is 238 g/mol. The second-order valence-electron chi connectivity index (χ2n) is 7.00. The van der Waals surface area contributed by atoms with Crippen LogP contribution in [0.4, 0.5) is 0 Å². The van der Waals surface area contributed by atoms with Crippen LogP contribution in [0.5, 0.6) is 0 Å². The van der Waals surface area contributed by atoms with Crippen LogP contribution < -0.4 is 5.32 Å². The van der Waals surface area contributed by atoms with Crippen LogP contribution in [-0.2, 0) is 16.7 Å². The summed E-state index contributed by atoms with van der Waals surface area (Å²) in [7, 11) is 0. The molecule has 4 nitrogen and oxygen atoms in total. The topological polar surface area (TPSA) is 39.1 Å². The Morgan fingerprint density at radius 2 is 1.84 bits per heavy atom. The van der Waals surface area contributed by atoms with Crippen LogP contribution in [0.2, 0.25) is 0 Å². The van der Waals surface area contributed by atoms with E-state index in [-0.39, 0.29) is 11.0 Å². The highest BCUT2D eigenvalue weighted by Crippen LogP contribution is 2.19. The number of rotatable bonds is 6. The zero-order valence-electron chi connectivity index (χ0n) is 13.3. The Labute approximate surface area is 117 Å². The van der Waals surface area contributed by atoms with Gasteiger partial charge >= 0.3 is 0 Å². The van der Waals surface area contributed by atoms with Gasteiger partial charge in [-0.1, -0.05) is 20.8 Å². The number of hydrogen-bond donors (Lipinski definition) is 1. The molecule has 0 spiro atoms. The van der Waals surface area contributed by atoms with Gasteiger partial charge in [0.25, 0.3) is 0 Å². The van der Waals surface area contributed by atoms with Crippen LogP contribution in [-0.4, -0.2) is 35.1 Å². The summed E-state index contributed by atoms with van der Waals surface area (Å²) >= 11 is 0. The molecule has 0 aliphatic heterocycles. The van der Waals surface area contributed by atoms with Gasteiger partial charge in [0.15, 0.2) is 0 Å². The third-order valence-corrected chi connectivity index (χ3v) is 2.78. The second-order valence-corrected chi connectivity index (χ2v) is 7.00. The number of nitrogens with one attached hydrogen (secondary N) is 1. The van der Waals surface area contributed by atoms with E-state index in [0.717, 1.165) is 25.4 Å². The molecule has 0 fully saturated rings. The Hall–Kier alpha value is -0.870. The minimum Gasteiger partial charge on any atom is -0.378 e. The van der Waals surface area contributed by atoms with Crippen molar-refractivity contribution in [2.75, 3.05) is 19.8 Å². The normalized spacial score (nSPS) is 12.9. The van der Waals surface area contributed by atoms with E-state index in [2.05, 4.69) is 58.0 Å². The molecule has 110 valence electrons. The Morgan fingerprint density at radius 1 is 1.16 bits per heavy atom. The monoisotopic (exact) mass is 267 g/mol. The fourth-order valence-corrected chi connectivity index (χ4v) is 1.64. The van der Waals surface area contributed by atoms with Crippen LogP contribution in [0.1, 0.15) is 47.2 Å². The van der Waals surface area contributed by atoms with Crippen molar-refractivity contribution in [2.24, 2.45) is 0 Å². The summed E-state index contributed by atoms with van der Waals surface area (Å²) in [6.45, 7) is 16.1. The zero-order chi connectivity index (χ0) is 14.5. The van der Waals surface area contributed by atoms with Crippen LogP contribution >= 0.6 is 0 Å². The first kappa shape index (κ1) is 16.2. The van der Waals surface area contributed by atoms with Gasteiger partial charge in [0.1, 0.15) is 0 Å². The second kappa shape index (κ2) is 6.53. The number of aromatic nitrogens is 2. The highest BCUT2D eigenvalue weighted by atomic mass is 16.5. The first-order valence-electron chi connectivity index (χ1n) is 7.05. The lowest BCUT2D eigenvalue weighted by molar-refractivity contribution is 0.121. The molecule has 1 aromatic heterocycles. The van der Waals surface area contributed by atoms with E-state index < -0.39 is 0 Å². The van der Waals surface area contributed by atoms with Gasteiger partial charge in [-0.25, -0.2) is 0 Å². The van der Waals surface area contributed by atoms with Crippen LogP contribution in [0.15, 0.2) is 12.3 Å². The van der Waals surface area contributed by atoms with Crippen molar-refractivity contribution in [3.8, 4) is 0 Å². The summed E-state index contributed by atoms with van der Waals surface area (Å²) in [5.41, 5.74) is 1.40. The number of ether oxygens (including phenoxy) is 1. The first-order valence-corrected chi connectivity index (χ1v) is 7.05. The molecule has 0 saturated heterocycles. The molecule has 0 saturated carbocycles. The van der Waals surface area contributed by atoms with Crippen molar-refractivity contribution in [1.82, 2.24) is 15.1 Å². The minimum absolute atomic E-state index is 0.114. The highest BCUT2D eigenvalue weighted by Gasteiger charge is 2.16. The van der Waals surface area contributed by atoms with Gasteiger partial charge in [-0.15, -0.1) is 0 Å². The van der Waals surface area contributed by atoms with Crippen molar-refractivity contribution < 1.29 is 4.74 Å². The lowest BCUT2D eigenvalue weighted by Crippen LogP contribution is -2.38. The molecule has 1 aromatic rings. The van der Waals surface area contributed by atoms with Gasteiger partial charge in [-0.3, -0.25) is 4.68 Å². The van der Waals surface area contributed by atoms with Crippen LogP contribution in [0.3, 0.4) is 0 Å². The standard InChI is InChI=1S/C15H29N3O/c1-14(2,3)13-7-9-18(17-13)10-12-19-11-8-16-15(4,5)6/h7,9,16H,8,10-12H2,1-6H3. The molecule has 19 heavy (non-hydrogen) atoms. The van der Waals surface area contributed by atoms with Crippen molar-refractivity contribution in [3.63, 3.8) is 0 Å². The molecular formula is C15H29N3O. The SMILES string of the molecule is CC(C)(C)NCCOCCn1ccc(C(C)(C)C)n1. The van der Waals surface area contributed by atoms with Gasteiger partial charge in [-0.2, -0.15) is 5.10 Å². The maximum Gasteiger partial charge on any atom is 0.0677 e. The first-order chi connectivity index (χ1) is 8.68. The average molecular weight is 267 g/mol. The molecule has 4 heteroatoms. The Bertz CT molecular complexity index is 371. The third-order valence-electron chi connectivity index (χ3n) is 2.78. The van der Waals surface area contributed by atoms with Gasteiger partial charge in [-0.05, 0) is 26.8 Å². The van der Waals surface area contributed by atoms with Crippen LogP contribution in [0.25, 0.3) is 0 Å². The van der Waals surface area contributed by atoms with E-state index in [1.165, 1.54) is 0 Å². The van der Waals surface area contributed by atoms with E-state index in [9.17, 15) is 0 Å². The van der Waals surface area contributed by atoms with Gasteiger partial charge in [0.2, 0.25) is 0 Å². The molecule has 0 amide bonds. The summed E-state index contributed by atoms with van der Waals surface area (Å²) in [4.78, 5) is 0. The number of nitrogens with zero attached hydrogens (tertiary/aromatic N) is 2. The van der Waals surface area contributed by atoms with Gasteiger partial charge in [0, 0.05) is 23.7 Å². The molecule has 0 unspecified atom stereocenters. The van der Waals surface area contributed by atoms with E-state index in [1.54, 1.807) is 0 Å². The fourth-order valence-electron chi connectivity index (χ4n) is 1.64. The number of hydrogen-bond acceptors (Lipinski definition) is 3. The Kier molecular flexibility index (Phi) is 5.56. The molecule has 1 N–H and O–H groups in total. The maximum absolute atomic E-state index is 5.60. The Balaban J connectivity index is 2.18. The predicted octanol–water partition coefficient (Wildman–Crippen LogP) is 2.59. The summed E-state index contributed by atoms with van der Waals surface area (Å²) in [5, 5.41) is 7.96. The molecule has 0 atom stereocenters. The molecule has 0 radical (unpaired) electrons. The lowest BCUT2D eigenvalue weighted by Gasteiger charge is -2.20. The van der Waals surface area contributed by atoms with E-state index in [4.69, 9.17) is 4.74 Å². The third kappa shape index (κ3) is 6.73. The summed E-state index contributed by atoms with van der Waals surface area (Å²) in [6.07, 6.45) is 2.03. The smallest absolute Gasteiger partial charge is 0.0677 e. The molecule has 1 heterocycles. The van der Waals surface area contributed by atoms with Gasteiger partial charge < -0.3 is 10.1 Å². The quantitative estimate of drug-likeness (QED) is 0.805. The molecule has 0 aliphatic rings. The van der Waals surface area contributed by atoms with Gasteiger partial charge in [0.05, 0.1) is 25.5 Å². The molecule has 0 aliphatic carbocycles. The maximum atomic E-state index is 5.60. The van der Waals surface area contributed by atoms with E-state index in [1.807, 2.05) is 10.9 Å². The van der Waals surface area contributed by atoms with Crippen molar-refractivity contribution in [1.29, 1.82) is 0 Å². The minimum atomic E-state index is 0.114. The van der Waals surface area contributed by atoms with E-state index >= 15 is 0 Å². The average Bonchev–Trinajstić information content (AvgIpc) is 2.69.